The zero-order chi connectivity index (χ0) is 16.4. The topological polar surface area (TPSA) is 25.2 Å². The summed E-state index contributed by atoms with van der Waals surface area (Å²) < 4.78 is 29.4. The van der Waals surface area contributed by atoms with Crippen molar-refractivity contribution in [2.45, 2.75) is 23.1 Å². The second-order valence-corrected chi connectivity index (χ2v) is 7.86. The Morgan fingerprint density at radius 1 is 1.13 bits per heavy atom. The van der Waals surface area contributed by atoms with Crippen molar-refractivity contribution in [3.63, 3.8) is 0 Å². The Balaban J connectivity index is 2.16. The average molecular weight is 377 g/mol. The molecule has 23 heavy (non-hydrogen) atoms. The summed E-state index contributed by atoms with van der Waals surface area (Å²) in [7, 11) is 0. The van der Waals surface area contributed by atoms with E-state index in [0.717, 1.165) is 0 Å². The minimum absolute atomic E-state index is 0.252. The SMILES string of the molecule is C[AsH]CC(O)C(c1cccc(F)c1)n1ccc2c(F)cccc21. The van der Waals surface area contributed by atoms with E-state index in [0.29, 0.717) is 21.7 Å². The summed E-state index contributed by atoms with van der Waals surface area (Å²) in [5, 5.41) is 11.9. The van der Waals surface area contributed by atoms with Crippen LogP contribution in [0, 0.1) is 11.6 Å². The van der Waals surface area contributed by atoms with E-state index in [9.17, 15) is 13.9 Å². The quantitative estimate of drug-likeness (QED) is 0.673. The fraction of sp³-hybridized carbons (Fsp3) is 0.222. The van der Waals surface area contributed by atoms with Gasteiger partial charge in [-0.25, -0.2) is 0 Å². The number of nitrogens with zero attached hydrogens (tertiary/aromatic N) is 1. The molecule has 0 saturated heterocycles. The van der Waals surface area contributed by atoms with Gasteiger partial charge < -0.3 is 0 Å². The molecule has 1 heterocycles. The van der Waals surface area contributed by atoms with Crippen molar-refractivity contribution in [1.82, 2.24) is 4.57 Å². The Morgan fingerprint density at radius 2 is 1.91 bits per heavy atom. The van der Waals surface area contributed by atoms with E-state index in [1.807, 2.05) is 10.6 Å². The summed E-state index contributed by atoms with van der Waals surface area (Å²) in [6.45, 7) is 0. The summed E-state index contributed by atoms with van der Waals surface area (Å²) >= 11 is -0.252. The summed E-state index contributed by atoms with van der Waals surface area (Å²) in [6.07, 6.45) is 1.14. The Morgan fingerprint density at radius 3 is 2.65 bits per heavy atom. The van der Waals surface area contributed by atoms with E-state index < -0.39 is 12.1 Å². The number of aliphatic hydroxyl groups excluding tert-OH is 1. The first-order valence-electron chi connectivity index (χ1n) is 7.45. The molecule has 0 saturated carbocycles. The molecule has 3 atom stereocenters. The van der Waals surface area contributed by atoms with Crippen LogP contribution in [0.1, 0.15) is 11.6 Å². The molecule has 3 rings (SSSR count). The van der Waals surface area contributed by atoms with Gasteiger partial charge in [0.25, 0.3) is 0 Å². The van der Waals surface area contributed by atoms with E-state index >= 15 is 0 Å². The van der Waals surface area contributed by atoms with E-state index in [1.54, 1.807) is 30.5 Å². The Kier molecular flexibility index (Phi) is 4.84. The third kappa shape index (κ3) is 3.19. The molecule has 120 valence electrons. The average Bonchev–Trinajstić information content (AvgIpc) is 2.93. The molecular formula is C18H18AsF2NO. The molecule has 0 amide bonds. The van der Waals surface area contributed by atoms with Gasteiger partial charge in [0, 0.05) is 0 Å². The van der Waals surface area contributed by atoms with Crippen molar-refractivity contribution >= 4 is 26.7 Å². The summed E-state index contributed by atoms with van der Waals surface area (Å²) in [4.78, 5) is 0. The summed E-state index contributed by atoms with van der Waals surface area (Å²) in [6, 6.07) is 12.4. The first-order chi connectivity index (χ1) is 11.1. The van der Waals surface area contributed by atoms with Gasteiger partial charge in [-0.2, -0.15) is 0 Å². The fourth-order valence-corrected chi connectivity index (χ4v) is 4.32. The first-order valence-corrected chi connectivity index (χ1v) is 11.0. The van der Waals surface area contributed by atoms with Gasteiger partial charge in [0.1, 0.15) is 0 Å². The molecule has 0 aliphatic carbocycles. The second-order valence-electron chi connectivity index (χ2n) is 5.52. The number of benzene rings is 2. The van der Waals surface area contributed by atoms with Gasteiger partial charge in [-0.1, -0.05) is 0 Å². The number of halogens is 2. The molecule has 0 spiro atoms. The van der Waals surface area contributed by atoms with Gasteiger partial charge in [-0.05, 0) is 0 Å². The van der Waals surface area contributed by atoms with Gasteiger partial charge >= 0.3 is 140 Å². The van der Waals surface area contributed by atoms with Gasteiger partial charge in [0.2, 0.25) is 0 Å². The van der Waals surface area contributed by atoms with Crippen LogP contribution in [0.4, 0.5) is 8.78 Å². The molecule has 5 heteroatoms. The first kappa shape index (κ1) is 16.2. The number of aliphatic hydroxyl groups is 1. The zero-order valence-electron chi connectivity index (χ0n) is 12.7. The molecule has 0 fully saturated rings. The van der Waals surface area contributed by atoms with Gasteiger partial charge in [-0.15, -0.1) is 0 Å². The molecular weight excluding hydrogens is 359 g/mol. The van der Waals surface area contributed by atoms with Crippen LogP contribution >= 0.6 is 0 Å². The van der Waals surface area contributed by atoms with E-state index in [1.165, 1.54) is 18.2 Å². The van der Waals surface area contributed by atoms with Crippen molar-refractivity contribution < 1.29 is 13.9 Å². The zero-order valence-corrected chi connectivity index (χ0v) is 14.8. The van der Waals surface area contributed by atoms with Crippen LogP contribution in [0.15, 0.2) is 54.7 Å². The Hall–Kier alpha value is -1.64. The van der Waals surface area contributed by atoms with Crippen molar-refractivity contribution in [2.75, 3.05) is 0 Å². The van der Waals surface area contributed by atoms with Crippen LogP contribution in [0.3, 0.4) is 0 Å². The van der Waals surface area contributed by atoms with Crippen LogP contribution in [0.5, 0.6) is 0 Å². The van der Waals surface area contributed by atoms with Crippen LogP contribution in [-0.2, 0) is 0 Å². The van der Waals surface area contributed by atoms with Crippen molar-refractivity contribution in [2.24, 2.45) is 0 Å². The maximum absolute atomic E-state index is 13.9. The van der Waals surface area contributed by atoms with E-state index in [-0.39, 0.29) is 27.4 Å². The molecule has 0 aliphatic heterocycles. The van der Waals surface area contributed by atoms with Crippen molar-refractivity contribution in [1.29, 1.82) is 0 Å². The molecule has 0 radical (unpaired) electrons. The predicted molar refractivity (Wildman–Crippen MR) is 90.3 cm³/mol. The molecule has 1 N–H and O–H groups in total. The fourth-order valence-electron chi connectivity index (χ4n) is 2.97. The van der Waals surface area contributed by atoms with Gasteiger partial charge in [0.15, 0.2) is 0 Å². The van der Waals surface area contributed by atoms with Crippen LogP contribution in [0.2, 0.25) is 10.9 Å². The molecule has 0 bridgehead atoms. The summed E-state index contributed by atoms with van der Waals surface area (Å²) in [5.74, 6) is -0.632. The third-order valence-electron chi connectivity index (χ3n) is 3.98. The number of hydrogen-bond donors (Lipinski definition) is 1. The third-order valence-corrected chi connectivity index (χ3v) is 5.71. The maximum atomic E-state index is 13.9. The van der Waals surface area contributed by atoms with E-state index in [2.05, 4.69) is 5.71 Å². The van der Waals surface area contributed by atoms with Gasteiger partial charge in [-0.3, -0.25) is 0 Å². The standard InChI is InChI=1S/C18H18AsF2NO/c1-19-11-17(23)18(12-4-2-5-13(20)10-12)22-9-8-14-15(21)6-3-7-16(14)22/h2-10,17-19,23H,11H2,1H3. The second kappa shape index (κ2) is 6.86. The normalized spacial score (nSPS) is 14.6. The Bertz CT molecular complexity index is 818. The predicted octanol–water partition coefficient (Wildman–Crippen LogP) is 3.77. The molecule has 3 aromatic rings. The number of rotatable bonds is 5. The molecule has 3 unspecified atom stereocenters. The van der Waals surface area contributed by atoms with Crippen molar-refractivity contribution in [3.05, 3.63) is 71.9 Å². The van der Waals surface area contributed by atoms with E-state index in [4.69, 9.17) is 0 Å². The molecule has 2 nitrogen and oxygen atoms in total. The number of hydrogen-bond acceptors (Lipinski definition) is 1. The summed E-state index contributed by atoms with van der Waals surface area (Å²) in [5.41, 5.74) is 3.51. The molecule has 0 aliphatic rings. The van der Waals surface area contributed by atoms with Crippen LogP contribution < -0.4 is 0 Å². The number of fused-ring (bicyclic) bond motifs is 1. The number of aromatic nitrogens is 1. The Labute approximate surface area is 140 Å². The van der Waals surface area contributed by atoms with Crippen molar-refractivity contribution in [3.8, 4) is 0 Å². The van der Waals surface area contributed by atoms with Gasteiger partial charge in [0.05, 0.1) is 0 Å². The van der Waals surface area contributed by atoms with Crippen LogP contribution in [0.25, 0.3) is 10.9 Å². The molecule has 2 aromatic carbocycles. The molecule has 1 aromatic heterocycles. The monoisotopic (exact) mass is 377 g/mol. The van der Waals surface area contributed by atoms with Crippen LogP contribution in [-0.4, -0.2) is 31.5 Å². The minimum atomic E-state index is -0.624.